The first-order valence-corrected chi connectivity index (χ1v) is 7.77. The lowest BCUT2D eigenvalue weighted by Gasteiger charge is -2.06. The summed E-state index contributed by atoms with van der Waals surface area (Å²) in [5.74, 6) is 0.418. The fourth-order valence-electron chi connectivity index (χ4n) is 2.42. The van der Waals surface area contributed by atoms with Gasteiger partial charge in [-0.25, -0.2) is 9.97 Å². The van der Waals surface area contributed by atoms with Crippen LogP contribution in [0.5, 0.6) is 0 Å². The summed E-state index contributed by atoms with van der Waals surface area (Å²) in [6, 6.07) is 9.33. The molecule has 2 aromatic heterocycles. The van der Waals surface area contributed by atoms with Gasteiger partial charge in [-0.1, -0.05) is 41.4 Å². The van der Waals surface area contributed by atoms with Crippen LogP contribution in [0.2, 0.25) is 10.2 Å². The Labute approximate surface area is 143 Å². The molecule has 0 saturated heterocycles. The molecule has 2 N–H and O–H groups in total. The largest absolute Gasteiger partial charge is 0.383 e. The maximum atomic E-state index is 12.3. The fourth-order valence-corrected chi connectivity index (χ4v) is 2.78. The SMILES string of the molecule is Nc1nccc2cc(CCC(=O)c3cc(Cl)cnc3Cl)ccc12. The number of nitrogens with zero attached hydrogens (tertiary/aromatic N) is 2. The number of hydrogen-bond donors (Lipinski definition) is 1. The number of aromatic nitrogens is 2. The highest BCUT2D eigenvalue weighted by Gasteiger charge is 2.12. The molecule has 1 aromatic carbocycles. The van der Waals surface area contributed by atoms with Crippen molar-refractivity contribution in [2.24, 2.45) is 0 Å². The van der Waals surface area contributed by atoms with E-state index in [4.69, 9.17) is 28.9 Å². The highest BCUT2D eigenvalue weighted by molar-refractivity contribution is 6.34. The second-order valence-corrected chi connectivity index (χ2v) is 5.96. The maximum absolute atomic E-state index is 12.3. The van der Waals surface area contributed by atoms with Gasteiger partial charge in [0.15, 0.2) is 5.78 Å². The third kappa shape index (κ3) is 3.44. The number of pyridine rings is 2. The summed E-state index contributed by atoms with van der Waals surface area (Å²) in [5, 5.41) is 2.48. The van der Waals surface area contributed by atoms with Gasteiger partial charge in [0, 0.05) is 24.2 Å². The first-order chi connectivity index (χ1) is 11.0. The molecule has 23 heavy (non-hydrogen) atoms. The average Bonchev–Trinajstić information content (AvgIpc) is 2.55. The predicted octanol–water partition coefficient (Wildman–Crippen LogP) is 4.33. The van der Waals surface area contributed by atoms with Crippen molar-refractivity contribution >= 4 is 45.6 Å². The smallest absolute Gasteiger partial charge is 0.166 e. The zero-order chi connectivity index (χ0) is 16.4. The molecule has 0 unspecified atom stereocenters. The molecule has 0 saturated carbocycles. The molecule has 0 spiro atoms. The Balaban J connectivity index is 1.78. The maximum Gasteiger partial charge on any atom is 0.166 e. The van der Waals surface area contributed by atoms with E-state index in [0.717, 1.165) is 16.3 Å². The van der Waals surface area contributed by atoms with Gasteiger partial charge >= 0.3 is 0 Å². The van der Waals surface area contributed by atoms with E-state index < -0.39 is 0 Å². The lowest BCUT2D eigenvalue weighted by atomic mass is 10.0. The number of halogens is 2. The number of benzene rings is 1. The standard InChI is InChI=1S/C17H13Cl2N3O/c18-12-8-14(16(19)22-9-12)15(23)4-2-10-1-3-13-11(7-10)5-6-21-17(13)20/h1,3,5-9H,2,4H2,(H2,20,21). The van der Waals surface area contributed by atoms with Crippen LogP contribution in [0.1, 0.15) is 22.3 Å². The van der Waals surface area contributed by atoms with Crippen LogP contribution < -0.4 is 5.73 Å². The Bertz CT molecular complexity index is 896. The highest BCUT2D eigenvalue weighted by Crippen LogP contribution is 2.22. The molecule has 0 radical (unpaired) electrons. The minimum Gasteiger partial charge on any atom is -0.383 e. The van der Waals surface area contributed by atoms with Gasteiger partial charge in [-0.3, -0.25) is 4.79 Å². The predicted molar refractivity (Wildman–Crippen MR) is 93.1 cm³/mol. The van der Waals surface area contributed by atoms with E-state index in [0.29, 0.717) is 29.2 Å². The Morgan fingerprint density at radius 3 is 2.78 bits per heavy atom. The van der Waals surface area contributed by atoms with Crippen LogP contribution in [0.15, 0.2) is 42.7 Å². The number of rotatable bonds is 4. The molecule has 0 aliphatic rings. The van der Waals surface area contributed by atoms with Gasteiger partial charge in [-0.2, -0.15) is 0 Å². The molecule has 0 aliphatic carbocycles. The summed E-state index contributed by atoms with van der Waals surface area (Å²) < 4.78 is 0. The molecule has 0 bridgehead atoms. The van der Waals surface area contributed by atoms with Crippen molar-refractivity contribution in [1.29, 1.82) is 0 Å². The number of fused-ring (bicyclic) bond motifs is 1. The van der Waals surface area contributed by atoms with Crippen molar-refractivity contribution in [2.75, 3.05) is 5.73 Å². The van der Waals surface area contributed by atoms with Crippen LogP contribution in [-0.4, -0.2) is 15.8 Å². The van der Waals surface area contributed by atoms with Crippen LogP contribution in [0, 0.1) is 0 Å². The number of nitrogen functional groups attached to an aromatic ring is 1. The number of Topliss-reactive ketones (excluding diaryl/α,β-unsaturated/α-hetero) is 1. The van der Waals surface area contributed by atoms with Crippen molar-refractivity contribution in [3.63, 3.8) is 0 Å². The van der Waals surface area contributed by atoms with Gasteiger partial charge < -0.3 is 5.73 Å². The normalized spacial score (nSPS) is 10.9. The van der Waals surface area contributed by atoms with Crippen molar-refractivity contribution in [1.82, 2.24) is 9.97 Å². The average molecular weight is 346 g/mol. The summed E-state index contributed by atoms with van der Waals surface area (Å²) >= 11 is 11.8. The van der Waals surface area contributed by atoms with E-state index in [-0.39, 0.29) is 10.9 Å². The number of anilines is 1. The number of aryl methyl sites for hydroxylation is 1. The van der Waals surface area contributed by atoms with Gasteiger partial charge in [0.2, 0.25) is 0 Å². The molecule has 2 heterocycles. The van der Waals surface area contributed by atoms with Crippen LogP contribution in [0.25, 0.3) is 10.8 Å². The number of nitrogens with two attached hydrogens (primary N) is 1. The molecule has 3 rings (SSSR count). The molecule has 0 atom stereocenters. The Morgan fingerprint density at radius 2 is 1.96 bits per heavy atom. The summed E-state index contributed by atoms with van der Waals surface area (Å²) in [6.45, 7) is 0. The van der Waals surface area contributed by atoms with Crippen LogP contribution in [0.3, 0.4) is 0 Å². The molecule has 0 fully saturated rings. The van der Waals surface area contributed by atoms with Gasteiger partial charge in [0.05, 0.1) is 10.6 Å². The fraction of sp³-hybridized carbons (Fsp3) is 0.118. The minimum absolute atomic E-state index is 0.0839. The number of carbonyl (C=O) groups is 1. The zero-order valence-electron chi connectivity index (χ0n) is 12.1. The molecule has 6 heteroatoms. The van der Waals surface area contributed by atoms with Crippen molar-refractivity contribution in [2.45, 2.75) is 12.8 Å². The molecular formula is C17H13Cl2N3O. The summed E-state index contributed by atoms with van der Waals surface area (Å²) in [6.07, 6.45) is 4.01. The van der Waals surface area contributed by atoms with Crippen LogP contribution in [-0.2, 0) is 6.42 Å². The summed E-state index contributed by atoms with van der Waals surface area (Å²) in [5.41, 5.74) is 7.23. The summed E-state index contributed by atoms with van der Waals surface area (Å²) in [7, 11) is 0. The third-order valence-corrected chi connectivity index (χ3v) is 4.11. The first kappa shape index (κ1) is 15.7. The van der Waals surface area contributed by atoms with E-state index >= 15 is 0 Å². The summed E-state index contributed by atoms with van der Waals surface area (Å²) in [4.78, 5) is 20.3. The van der Waals surface area contributed by atoms with Gasteiger partial charge in [0.25, 0.3) is 0 Å². The first-order valence-electron chi connectivity index (χ1n) is 7.02. The zero-order valence-corrected chi connectivity index (χ0v) is 13.6. The van der Waals surface area contributed by atoms with E-state index in [9.17, 15) is 4.79 Å². The number of ketones is 1. The van der Waals surface area contributed by atoms with Crippen LogP contribution >= 0.6 is 23.2 Å². The molecule has 0 amide bonds. The Hall–Kier alpha value is -2.17. The topological polar surface area (TPSA) is 68.9 Å². The van der Waals surface area contributed by atoms with E-state index in [1.54, 1.807) is 12.3 Å². The molecule has 3 aromatic rings. The van der Waals surface area contributed by atoms with Gasteiger partial charge in [-0.05, 0) is 29.5 Å². The minimum atomic E-state index is -0.0839. The van der Waals surface area contributed by atoms with Crippen LogP contribution in [0.4, 0.5) is 5.82 Å². The van der Waals surface area contributed by atoms with E-state index in [1.807, 2.05) is 24.3 Å². The van der Waals surface area contributed by atoms with E-state index in [2.05, 4.69) is 9.97 Å². The molecule has 4 nitrogen and oxygen atoms in total. The third-order valence-electron chi connectivity index (χ3n) is 3.61. The number of carbonyl (C=O) groups excluding carboxylic acids is 1. The number of hydrogen-bond acceptors (Lipinski definition) is 4. The van der Waals surface area contributed by atoms with Gasteiger partial charge in [0.1, 0.15) is 11.0 Å². The Morgan fingerprint density at radius 1 is 1.13 bits per heavy atom. The van der Waals surface area contributed by atoms with Crippen molar-refractivity contribution in [3.8, 4) is 0 Å². The second-order valence-electron chi connectivity index (χ2n) is 5.17. The van der Waals surface area contributed by atoms with Gasteiger partial charge in [-0.15, -0.1) is 0 Å². The lowest BCUT2D eigenvalue weighted by Crippen LogP contribution is -2.03. The lowest BCUT2D eigenvalue weighted by molar-refractivity contribution is 0.0982. The monoisotopic (exact) mass is 345 g/mol. The molecule has 116 valence electrons. The quantitative estimate of drug-likeness (QED) is 0.564. The molecular weight excluding hydrogens is 333 g/mol. The molecule has 0 aliphatic heterocycles. The second kappa shape index (κ2) is 6.52. The van der Waals surface area contributed by atoms with Crippen molar-refractivity contribution in [3.05, 3.63) is 64.0 Å². The Kier molecular flexibility index (Phi) is 4.46. The van der Waals surface area contributed by atoms with E-state index in [1.165, 1.54) is 6.20 Å². The highest BCUT2D eigenvalue weighted by atomic mass is 35.5. The van der Waals surface area contributed by atoms with Crippen molar-refractivity contribution < 1.29 is 4.79 Å².